The number of thiazole rings is 1. The zero-order valence-corrected chi connectivity index (χ0v) is 15.8. The Labute approximate surface area is 154 Å². The molecule has 0 unspecified atom stereocenters. The highest BCUT2D eigenvalue weighted by Gasteiger charge is 2.13. The van der Waals surface area contributed by atoms with E-state index in [1.165, 1.54) is 11.8 Å². The fourth-order valence-corrected chi connectivity index (χ4v) is 4.44. The summed E-state index contributed by atoms with van der Waals surface area (Å²) in [6.07, 6.45) is 0.499. The fraction of sp³-hybridized carbons (Fsp3) is 0.267. The van der Waals surface area contributed by atoms with Crippen LogP contribution in [0, 0.1) is 6.92 Å². The first kappa shape index (κ1) is 18.1. The predicted molar refractivity (Wildman–Crippen MR) is 96.3 cm³/mol. The van der Waals surface area contributed by atoms with E-state index in [-0.39, 0.29) is 11.4 Å². The van der Waals surface area contributed by atoms with Crippen LogP contribution >= 0.6 is 23.1 Å². The van der Waals surface area contributed by atoms with Gasteiger partial charge in [0.15, 0.2) is 0 Å². The number of aromatic nitrogens is 3. The van der Waals surface area contributed by atoms with Gasteiger partial charge in [-0.2, -0.15) is 0 Å². The molecule has 0 saturated heterocycles. The molecule has 0 spiro atoms. The lowest BCUT2D eigenvalue weighted by Crippen LogP contribution is -2.25. The summed E-state index contributed by atoms with van der Waals surface area (Å²) in [7, 11) is -3.48. The summed E-state index contributed by atoms with van der Waals surface area (Å²) >= 11 is 2.88. The second kappa shape index (κ2) is 8.09. The molecule has 1 aromatic carbocycles. The van der Waals surface area contributed by atoms with Gasteiger partial charge in [0.2, 0.25) is 15.9 Å². The molecule has 0 aliphatic rings. The third-order valence-electron chi connectivity index (χ3n) is 3.12. The van der Waals surface area contributed by atoms with Crippen molar-refractivity contribution in [3.05, 3.63) is 52.3 Å². The molecule has 3 aromatic rings. The topological polar surface area (TPSA) is 98.0 Å². The summed E-state index contributed by atoms with van der Waals surface area (Å²) < 4.78 is 32.2. The van der Waals surface area contributed by atoms with Gasteiger partial charge in [0.25, 0.3) is 5.22 Å². The summed E-state index contributed by atoms with van der Waals surface area (Å²) in [6, 6.07) is 8.26. The van der Waals surface area contributed by atoms with Crippen molar-refractivity contribution in [1.29, 1.82) is 0 Å². The largest absolute Gasteiger partial charge is 0.416 e. The highest BCUT2D eigenvalue weighted by molar-refractivity contribution is 7.99. The van der Waals surface area contributed by atoms with Gasteiger partial charge < -0.3 is 4.42 Å². The molecule has 0 atom stereocenters. The Morgan fingerprint density at radius 3 is 2.76 bits per heavy atom. The second-order valence-corrected chi connectivity index (χ2v) is 8.93. The van der Waals surface area contributed by atoms with Crippen LogP contribution in [0.2, 0.25) is 0 Å². The molecule has 2 heterocycles. The van der Waals surface area contributed by atoms with E-state index in [0.29, 0.717) is 23.3 Å². The normalized spacial score (nSPS) is 11.7. The second-order valence-electron chi connectivity index (χ2n) is 5.06. The molecule has 2 aromatic heterocycles. The van der Waals surface area contributed by atoms with Crippen molar-refractivity contribution >= 4 is 33.1 Å². The molecule has 132 valence electrons. The van der Waals surface area contributed by atoms with Crippen LogP contribution in [-0.4, -0.2) is 35.9 Å². The first-order valence-electron chi connectivity index (χ1n) is 7.44. The Bertz CT molecular complexity index is 922. The molecule has 1 N–H and O–H groups in total. The molecule has 0 saturated carbocycles. The van der Waals surface area contributed by atoms with E-state index in [2.05, 4.69) is 19.9 Å². The van der Waals surface area contributed by atoms with Crippen molar-refractivity contribution in [2.75, 3.05) is 12.3 Å². The van der Waals surface area contributed by atoms with Crippen LogP contribution in [0.5, 0.6) is 0 Å². The van der Waals surface area contributed by atoms with Crippen LogP contribution in [0.3, 0.4) is 0 Å². The van der Waals surface area contributed by atoms with Crippen molar-refractivity contribution in [2.45, 2.75) is 23.5 Å². The molecule has 0 fully saturated rings. The van der Waals surface area contributed by atoms with Crippen LogP contribution in [0.25, 0.3) is 0 Å². The van der Waals surface area contributed by atoms with Gasteiger partial charge in [-0.25, -0.2) is 18.1 Å². The minimum Gasteiger partial charge on any atom is -0.416 e. The van der Waals surface area contributed by atoms with Gasteiger partial charge in [0, 0.05) is 17.7 Å². The summed E-state index contributed by atoms with van der Waals surface area (Å²) in [5.74, 6) is 0.987. The highest BCUT2D eigenvalue weighted by Crippen LogP contribution is 2.18. The SMILES string of the molecule is Cc1nc(Cc2nnc(SCCNS(=O)(=O)c3ccccc3)o2)cs1. The van der Waals surface area contributed by atoms with E-state index in [4.69, 9.17) is 4.42 Å². The zero-order valence-electron chi connectivity index (χ0n) is 13.4. The summed E-state index contributed by atoms with van der Waals surface area (Å²) in [5, 5.41) is 11.3. The van der Waals surface area contributed by atoms with Crippen molar-refractivity contribution in [1.82, 2.24) is 19.9 Å². The van der Waals surface area contributed by atoms with E-state index in [1.54, 1.807) is 41.7 Å². The lowest BCUT2D eigenvalue weighted by Gasteiger charge is -2.05. The number of sulfonamides is 1. The van der Waals surface area contributed by atoms with E-state index < -0.39 is 10.0 Å². The van der Waals surface area contributed by atoms with E-state index in [9.17, 15) is 8.42 Å². The Morgan fingerprint density at radius 2 is 2.04 bits per heavy atom. The third kappa shape index (κ3) is 5.11. The molecular weight excluding hydrogens is 380 g/mol. The maximum Gasteiger partial charge on any atom is 0.276 e. The number of rotatable bonds is 8. The van der Waals surface area contributed by atoms with E-state index >= 15 is 0 Å². The van der Waals surface area contributed by atoms with Crippen molar-refractivity contribution in [3.63, 3.8) is 0 Å². The fourth-order valence-electron chi connectivity index (χ4n) is 2.01. The lowest BCUT2D eigenvalue weighted by molar-refractivity contribution is 0.419. The van der Waals surface area contributed by atoms with E-state index in [0.717, 1.165) is 10.7 Å². The number of aryl methyl sites for hydroxylation is 1. The Hall–Kier alpha value is -1.75. The number of hydrogen-bond donors (Lipinski definition) is 1. The van der Waals surface area contributed by atoms with Gasteiger partial charge >= 0.3 is 0 Å². The van der Waals surface area contributed by atoms with Crippen molar-refractivity contribution < 1.29 is 12.8 Å². The minimum absolute atomic E-state index is 0.249. The highest BCUT2D eigenvalue weighted by atomic mass is 32.2. The molecular formula is C15H16N4O3S3. The van der Waals surface area contributed by atoms with Crippen LogP contribution in [0.4, 0.5) is 0 Å². The van der Waals surface area contributed by atoms with Crippen LogP contribution in [0.15, 0.2) is 50.2 Å². The van der Waals surface area contributed by atoms with Gasteiger partial charge in [-0.15, -0.1) is 21.5 Å². The Morgan fingerprint density at radius 1 is 1.24 bits per heavy atom. The van der Waals surface area contributed by atoms with Crippen LogP contribution in [-0.2, 0) is 16.4 Å². The van der Waals surface area contributed by atoms with Gasteiger partial charge in [0.1, 0.15) is 0 Å². The maximum atomic E-state index is 12.1. The zero-order chi connectivity index (χ0) is 17.7. The first-order chi connectivity index (χ1) is 12.0. The number of nitrogens with one attached hydrogen (secondary N) is 1. The van der Waals surface area contributed by atoms with Crippen LogP contribution in [0.1, 0.15) is 16.6 Å². The molecule has 25 heavy (non-hydrogen) atoms. The minimum atomic E-state index is -3.48. The van der Waals surface area contributed by atoms with Crippen molar-refractivity contribution in [3.8, 4) is 0 Å². The summed E-state index contributed by atoms with van der Waals surface area (Å²) in [4.78, 5) is 4.60. The maximum absolute atomic E-state index is 12.1. The lowest BCUT2D eigenvalue weighted by atomic mass is 10.3. The molecule has 10 heteroatoms. The van der Waals surface area contributed by atoms with Crippen LogP contribution < -0.4 is 4.72 Å². The standard InChI is InChI=1S/C15H16N4O3S3/c1-11-17-12(10-24-11)9-14-18-19-15(22-14)23-8-7-16-25(20,21)13-5-3-2-4-6-13/h2-6,10,16H,7-9H2,1H3. The van der Waals surface area contributed by atoms with E-state index in [1.807, 2.05) is 12.3 Å². The molecule has 0 amide bonds. The molecule has 3 rings (SSSR count). The summed E-state index contributed by atoms with van der Waals surface area (Å²) in [5.41, 5.74) is 0.901. The smallest absolute Gasteiger partial charge is 0.276 e. The average molecular weight is 397 g/mol. The monoisotopic (exact) mass is 396 g/mol. The van der Waals surface area contributed by atoms with Gasteiger partial charge in [-0.1, -0.05) is 30.0 Å². The number of hydrogen-bond acceptors (Lipinski definition) is 8. The third-order valence-corrected chi connectivity index (χ3v) is 6.24. The first-order valence-corrected chi connectivity index (χ1v) is 10.8. The quantitative estimate of drug-likeness (QED) is 0.461. The Balaban J connectivity index is 1.46. The average Bonchev–Trinajstić information content (AvgIpc) is 3.22. The predicted octanol–water partition coefficient (Wildman–Crippen LogP) is 2.50. The summed E-state index contributed by atoms with van der Waals surface area (Å²) in [6.45, 7) is 2.21. The molecule has 0 bridgehead atoms. The molecule has 0 aliphatic heterocycles. The van der Waals surface area contributed by atoms with Gasteiger partial charge in [0.05, 0.1) is 22.0 Å². The van der Waals surface area contributed by atoms with Crippen molar-refractivity contribution in [2.24, 2.45) is 0 Å². The number of benzene rings is 1. The Kier molecular flexibility index (Phi) is 5.84. The molecule has 0 radical (unpaired) electrons. The number of nitrogens with zero attached hydrogens (tertiary/aromatic N) is 3. The molecule has 0 aliphatic carbocycles. The molecule has 7 nitrogen and oxygen atoms in total. The van der Waals surface area contributed by atoms with Gasteiger partial charge in [-0.3, -0.25) is 0 Å². The number of thioether (sulfide) groups is 1. The van der Waals surface area contributed by atoms with Gasteiger partial charge in [-0.05, 0) is 19.1 Å².